The molecule has 3 rings (SSSR count). The summed E-state index contributed by atoms with van der Waals surface area (Å²) < 4.78 is 1.89. The first-order valence-electron chi connectivity index (χ1n) is 7.69. The van der Waals surface area contributed by atoms with E-state index in [9.17, 15) is 4.79 Å². The third-order valence-electron chi connectivity index (χ3n) is 4.04. The maximum atomic E-state index is 12.5. The van der Waals surface area contributed by atoms with Crippen molar-refractivity contribution < 1.29 is 4.79 Å². The molecular formula is C16H21N5O. The van der Waals surface area contributed by atoms with Crippen LogP contribution in [0.4, 0.5) is 0 Å². The summed E-state index contributed by atoms with van der Waals surface area (Å²) in [5.74, 6) is 0.0804. The van der Waals surface area contributed by atoms with E-state index in [-0.39, 0.29) is 5.91 Å². The number of aryl methyl sites for hydroxylation is 1. The number of piperazine rings is 1. The van der Waals surface area contributed by atoms with Gasteiger partial charge < -0.3 is 9.47 Å². The molecule has 6 nitrogen and oxygen atoms in total. The van der Waals surface area contributed by atoms with Crippen LogP contribution in [0.2, 0.25) is 0 Å². The lowest BCUT2D eigenvalue weighted by Gasteiger charge is -2.34. The van der Waals surface area contributed by atoms with Gasteiger partial charge in [0, 0.05) is 45.5 Å². The molecule has 0 N–H and O–H groups in total. The molecular weight excluding hydrogens is 278 g/mol. The highest BCUT2D eigenvalue weighted by molar-refractivity contribution is 5.92. The number of hydrogen-bond donors (Lipinski definition) is 0. The zero-order valence-corrected chi connectivity index (χ0v) is 12.9. The Kier molecular flexibility index (Phi) is 4.48. The number of amides is 1. The Morgan fingerprint density at radius 2 is 2.05 bits per heavy atom. The van der Waals surface area contributed by atoms with Gasteiger partial charge in [-0.25, -0.2) is 4.98 Å². The van der Waals surface area contributed by atoms with Gasteiger partial charge in [-0.05, 0) is 19.1 Å². The number of aromatic nitrogens is 3. The normalized spacial score (nSPS) is 16.0. The van der Waals surface area contributed by atoms with Crippen molar-refractivity contribution in [3.05, 3.63) is 48.3 Å². The van der Waals surface area contributed by atoms with Crippen LogP contribution in [0.1, 0.15) is 23.1 Å². The highest BCUT2D eigenvalue weighted by Crippen LogP contribution is 2.10. The van der Waals surface area contributed by atoms with Gasteiger partial charge in [0.2, 0.25) is 0 Å². The molecule has 22 heavy (non-hydrogen) atoms. The maximum absolute atomic E-state index is 12.5. The molecule has 0 bridgehead atoms. The highest BCUT2D eigenvalue weighted by atomic mass is 16.2. The fraction of sp³-hybridized carbons (Fsp3) is 0.438. The summed E-state index contributed by atoms with van der Waals surface area (Å²) in [7, 11) is 0. The van der Waals surface area contributed by atoms with Crippen molar-refractivity contribution in [1.82, 2.24) is 24.3 Å². The number of rotatable bonds is 4. The van der Waals surface area contributed by atoms with Gasteiger partial charge in [-0.1, -0.05) is 6.07 Å². The Hall–Kier alpha value is -2.21. The number of hydrogen-bond acceptors (Lipinski definition) is 4. The molecule has 1 aliphatic rings. The summed E-state index contributed by atoms with van der Waals surface area (Å²) >= 11 is 0. The van der Waals surface area contributed by atoms with Gasteiger partial charge in [0.25, 0.3) is 5.91 Å². The van der Waals surface area contributed by atoms with Crippen molar-refractivity contribution in [2.75, 3.05) is 26.2 Å². The number of carbonyl (C=O) groups excluding carboxylic acids is 1. The summed E-state index contributed by atoms with van der Waals surface area (Å²) in [6, 6.07) is 5.97. The summed E-state index contributed by atoms with van der Waals surface area (Å²) in [5.41, 5.74) is 1.76. The zero-order valence-electron chi connectivity index (χ0n) is 12.9. The number of pyridine rings is 1. The summed E-state index contributed by atoms with van der Waals surface area (Å²) in [6.07, 6.45) is 5.19. The summed E-state index contributed by atoms with van der Waals surface area (Å²) in [5, 5.41) is 0. The van der Waals surface area contributed by atoms with Gasteiger partial charge in [-0.15, -0.1) is 0 Å². The largest absolute Gasteiger partial charge is 0.335 e. The molecule has 116 valence electrons. The van der Waals surface area contributed by atoms with E-state index in [1.54, 1.807) is 12.5 Å². The average molecular weight is 299 g/mol. The molecule has 0 aliphatic carbocycles. The maximum Gasteiger partial charge on any atom is 0.272 e. The topological polar surface area (TPSA) is 54.3 Å². The minimum Gasteiger partial charge on any atom is -0.335 e. The molecule has 2 aromatic heterocycles. The molecule has 1 fully saturated rings. The van der Waals surface area contributed by atoms with Gasteiger partial charge in [0.05, 0.1) is 18.2 Å². The second-order valence-corrected chi connectivity index (χ2v) is 5.45. The fourth-order valence-electron chi connectivity index (χ4n) is 2.74. The lowest BCUT2D eigenvalue weighted by Crippen LogP contribution is -2.48. The van der Waals surface area contributed by atoms with E-state index in [1.165, 1.54) is 0 Å². The summed E-state index contributed by atoms with van der Waals surface area (Å²) in [6.45, 7) is 6.88. The van der Waals surface area contributed by atoms with Gasteiger partial charge in [-0.3, -0.25) is 14.7 Å². The molecule has 0 saturated carbocycles. The van der Waals surface area contributed by atoms with Gasteiger partial charge in [0.15, 0.2) is 0 Å². The predicted octanol–water partition coefficient (Wildman–Crippen LogP) is 1.26. The Morgan fingerprint density at radius 1 is 1.23 bits per heavy atom. The van der Waals surface area contributed by atoms with Crippen molar-refractivity contribution in [3.63, 3.8) is 0 Å². The second-order valence-electron chi connectivity index (χ2n) is 5.45. The Labute approximate surface area is 130 Å². The second kappa shape index (κ2) is 6.70. The van der Waals surface area contributed by atoms with Crippen molar-refractivity contribution in [3.8, 4) is 0 Å². The zero-order chi connectivity index (χ0) is 15.4. The molecule has 2 aromatic rings. The SMILES string of the molecule is CCn1cncc1C(=O)N1CCN(Cc2ccccn2)CC1. The highest BCUT2D eigenvalue weighted by Gasteiger charge is 2.24. The molecule has 1 saturated heterocycles. The van der Waals surface area contributed by atoms with E-state index in [2.05, 4.69) is 14.9 Å². The van der Waals surface area contributed by atoms with Crippen LogP contribution >= 0.6 is 0 Å². The van der Waals surface area contributed by atoms with Gasteiger partial charge in [0.1, 0.15) is 5.69 Å². The molecule has 3 heterocycles. The quantitative estimate of drug-likeness (QED) is 0.853. The van der Waals surface area contributed by atoms with Crippen LogP contribution in [-0.2, 0) is 13.1 Å². The molecule has 1 aliphatic heterocycles. The van der Waals surface area contributed by atoms with E-state index in [4.69, 9.17) is 0 Å². The van der Waals surface area contributed by atoms with Gasteiger partial charge in [-0.2, -0.15) is 0 Å². The van der Waals surface area contributed by atoms with E-state index >= 15 is 0 Å². The van der Waals surface area contributed by atoms with Crippen LogP contribution in [0.5, 0.6) is 0 Å². The lowest BCUT2D eigenvalue weighted by molar-refractivity contribution is 0.0616. The van der Waals surface area contributed by atoms with Crippen LogP contribution in [0.25, 0.3) is 0 Å². The van der Waals surface area contributed by atoms with E-state index in [0.29, 0.717) is 5.69 Å². The molecule has 1 amide bonds. The molecule has 0 atom stereocenters. The lowest BCUT2D eigenvalue weighted by atomic mass is 10.2. The van der Waals surface area contributed by atoms with Crippen molar-refractivity contribution in [2.24, 2.45) is 0 Å². The number of nitrogens with zero attached hydrogens (tertiary/aromatic N) is 5. The first kappa shape index (κ1) is 14.7. The van der Waals surface area contributed by atoms with Crippen molar-refractivity contribution in [1.29, 1.82) is 0 Å². The number of carbonyl (C=O) groups is 1. The Bertz CT molecular complexity index is 616. The minimum absolute atomic E-state index is 0.0804. The van der Waals surface area contributed by atoms with Crippen LogP contribution in [0.15, 0.2) is 36.9 Å². The predicted molar refractivity (Wildman–Crippen MR) is 83.3 cm³/mol. The van der Waals surface area contributed by atoms with Crippen LogP contribution in [-0.4, -0.2) is 56.4 Å². The average Bonchev–Trinajstić information content (AvgIpc) is 3.04. The smallest absolute Gasteiger partial charge is 0.272 e. The van der Waals surface area contributed by atoms with Crippen LogP contribution in [0, 0.1) is 0 Å². The third kappa shape index (κ3) is 3.17. The monoisotopic (exact) mass is 299 g/mol. The third-order valence-corrected chi connectivity index (χ3v) is 4.04. The van der Waals surface area contributed by atoms with E-state index in [0.717, 1.165) is 45.0 Å². The fourth-order valence-corrected chi connectivity index (χ4v) is 2.74. The van der Waals surface area contributed by atoms with Crippen molar-refractivity contribution in [2.45, 2.75) is 20.0 Å². The molecule has 6 heteroatoms. The number of imidazole rings is 1. The van der Waals surface area contributed by atoms with E-state index < -0.39 is 0 Å². The molecule has 0 spiro atoms. The van der Waals surface area contributed by atoms with E-state index in [1.807, 2.05) is 40.8 Å². The van der Waals surface area contributed by atoms with Crippen molar-refractivity contribution >= 4 is 5.91 Å². The first-order valence-corrected chi connectivity index (χ1v) is 7.69. The minimum atomic E-state index is 0.0804. The molecule has 0 unspecified atom stereocenters. The molecule has 0 aromatic carbocycles. The molecule has 0 radical (unpaired) electrons. The van der Waals surface area contributed by atoms with Gasteiger partial charge >= 0.3 is 0 Å². The first-order chi connectivity index (χ1) is 10.8. The van der Waals surface area contributed by atoms with Crippen LogP contribution in [0.3, 0.4) is 0 Å². The standard InChI is InChI=1S/C16H21N5O/c1-2-20-13-17-11-15(20)16(22)21-9-7-19(8-10-21)12-14-5-3-4-6-18-14/h3-6,11,13H,2,7-10,12H2,1H3. The summed E-state index contributed by atoms with van der Waals surface area (Å²) in [4.78, 5) is 25.2. The Morgan fingerprint density at radius 3 is 2.73 bits per heavy atom. The van der Waals surface area contributed by atoms with Crippen LogP contribution < -0.4 is 0 Å². The Balaban J connectivity index is 1.56.